The van der Waals surface area contributed by atoms with Gasteiger partial charge in [-0.2, -0.15) is 0 Å². The fraction of sp³-hybridized carbons (Fsp3) is 0.636. The summed E-state index contributed by atoms with van der Waals surface area (Å²) in [5.41, 5.74) is 2.63. The van der Waals surface area contributed by atoms with E-state index >= 15 is 0 Å². The van der Waals surface area contributed by atoms with Crippen LogP contribution in [0.4, 0.5) is 0 Å². The highest BCUT2D eigenvalue weighted by molar-refractivity contribution is 5.05. The van der Waals surface area contributed by atoms with Gasteiger partial charge in [-0.3, -0.25) is 0 Å². The zero-order valence-corrected chi connectivity index (χ0v) is 8.59. The predicted molar refractivity (Wildman–Crippen MR) is 54.1 cm³/mol. The SMILES string of the molecule is CC(C)=CC[C@@H](C)/C(C)=C\CO. The van der Waals surface area contributed by atoms with Crippen LogP contribution in [0.2, 0.25) is 0 Å². The zero-order valence-electron chi connectivity index (χ0n) is 8.59. The Hall–Kier alpha value is -0.560. The van der Waals surface area contributed by atoms with E-state index in [1.807, 2.05) is 6.08 Å². The Morgan fingerprint density at radius 3 is 2.25 bits per heavy atom. The Morgan fingerprint density at radius 1 is 1.25 bits per heavy atom. The molecule has 0 fully saturated rings. The van der Waals surface area contributed by atoms with Gasteiger partial charge in [0, 0.05) is 0 Å². The molecule has 0 aromatic carbocycles. The fourth-order valence-corrected chi connectivity index (χ4v) is 0.944. The molecule has 0 aromatic heterocycles. The van der Waals surface area contributed by atoms with E-state index in [1.54, 1.807) is 0 Å². The number of hydrogen-bond acceptors (Lipinski definition) is 1. The Bertz CT molecular complexity index is 173. The minimum atomic E-state index is 0.158. The van der Waals surface area contributed by atoms with Gasteiger partial charge in [-0.15, -0.1) is 0 Å². The lowest BCUT2D eigenvalue weighted by Gasteiger charge is -2.09. The molecular formula is C11H20O. The summed E-state index contributed by atoms with van der Waals surface area (Å²) >= 11 is 0. The van der Waals surface area contributed by atoms with Crippen LogP contribution in [-0.2, 0) is 0 Å². The summed E-state index contributed by atoms with van der Waals surface area (Å²) in [5, 5.41) is 8.67. The third-order valence-electron chi connectivity index (χ3n) is 2.07. The number of rotatable bonds is 4. The standard InChI is InChI=1S/C11H20O/c1-9(2)5-6-10(3)11(4)7-8-12/h5,7,10,12H,6,8H2,1-4H3/b11-7-/t10-/m1/s1. The van der Waals surface area contributed by atoms with Crippen molar-refractivity contribution < 1.29 is 5.11 Å². The Balaban J connectivity index is 3.95. The van der Waals surface area contributed by atoms with Crippen LogP contribution in [0.1, 0.15) is 34.1 Å². The lowest BCUT2D eigenvalue weighted by atomic mass is 9.98. The van der Waals surface area contributed by atoms with E-state index in [0.717, 1.165) is 6.42 Å². The van der Waals surface area contributed by atoms with Crippen LogP contribution in [-0.4, -0.2) is 11.7 Å². The van der Waals surface area contributed by atoms with Gasteiger partial charge in [0.15, 0.2) is 0 Å². The van der Waals surface area contributed by atoms with Crippen molar-refractivity contribution in [3.63, 3.8) is 0 Å². The molecule has 0 amide bonds. The number of aliphatic hydroxyl groups is 1. The normalized spacial score (nSPS) is 14.2. The quantitative estimate of drug-likeness (QED) is 0.640. The summed E-state index contributed by atoms with van der Waals surface area (Å²) in [6.07, 6.45) is 5.19. The van der Waals surface area contributed by atoms with Crippen LogP contribution < -0.4 is 0 Å². The van der Waals surface area contributed by atoms with E-state index in [2.05, 4.69) is 33.8 Å². The summed E-state index contributed by atoms with van der Waals surface area (Å²) in [4.78, 5) is 0. The monoisotopic (exact) mass is 168 g/mol. The molecule has 0 unspecified atom stereocenters. The first-order valence-corrected chi connectivity index (χ1v) is 4.48. The highest BCUT2D eigenvalue weighted by Gasteiger charge is 2.00. The molecule has 0 bridgehead atoms. The number of aliphatic hydroxyl groups excluding tert-OH is 1. The molecule has 0 heterocycles. The van der Waals surface area contributed by atoms with Gasteiger partial charge in [-0.05, 0) is 33.1 Å². The first-order chi connectivity index (χ1) is 5.57. The number of hydrogen-bond donors (Lipinski definition) is 1. The van der Waals surface area contributed by atoms with Crippen molar-refractivity contribution in [2.45, 2.75) is 34.1 Å². The molecule has 0 radical (unpaired) electrons. The molecule has 0 aliphatic heterocycles. The Labute approximate surface area is 75.8 Å². The van der Waals surface area contributed by atoms with Gasteiger partial charge in [0.05, 0.1) is 6.61 Å². The maximum Gasteiger partial charge on any atom is 0.0615 e. The van der Waals surface area contributed by atoms with Gasteiger partial charge in [0.2, 0.25) is 0 Å². The first-order valence-electron chi connectivity index (χ1n) is 4.48. The van der Waals surface area contributed by atoms with Gasteiger partial charge in [-0.25, -0.2) is 0 Å². The minimum Gasteiger partial charge on any atom is -0.392 e. The van der Waals surface area contributed by atoms with Gasteiger partial charge in [0.1, 0.15) is 0 Å². The van der Waals surface area contributed by atoms with Crippen LogP contribution in [0.25, 0.3) is 0 Å². The van der Waals surface area contributed by atoms with E-state index in [1.165, 1.54) is 11.1 Å². The lowest BCUT2D eigenvalue weighted by Crippen LogP contribution is -1.95. The molecule has 0 saturated heterocycles. The van der Waals surface area contributed by atoms with Crippen molar-refractivity contribution in [3.8, 4) is 0 Å². The van der Waals surface area contributed by atoms with Gasteiger partial charge in [0.25, 0.3) is 0 Å². The molecular weight excluding hydrogens is 148 g/mol. The molecule has 0 rings (SSSR count). The average molecular weight is 168 g/mol. The average Bonchev–Trinajstić information content (AvgIpc) is 2.00. The highest BCUT2D eigenvalue weighted by atomic mass is 16.2. The fourth-order valence-electron chi connectivity index (χ4n) is 0.944. The molecule has 1 nitrogen and oxygen atoms in total. The van der Waals surface area contributed by atoms with Crippen molar-refractivity contribution in [2.24, 2.45) is 5.92 Å². The summed E-state index contributed by atoms with van der Waals surface area (Å²) in [5.74, 6) is 0.548. The molecule has 0 spiro atoms. The molecule has 0 aromatic rings. The van der Waals surface area contributed by atoms with E-state index < -0.39 is 0 Å². The van der Waals surface area contributed by atoms with Crippen LogP contribution in [0.15, 0.2) is 23.3 Å². The second-order valence-electron chi connectivity index (χ2n) is 3.55. The molecule has 0 aliphatic rings. The molecule has 70 valence electrons. The van der Waals surface area contributed by atoms with Crippen molar-refractivity contribution in [1.82, 2.24) is 0 Å². The first kappa shape index (κ1) is 11.4. The third kappa shape index (κ3) is 5.14. The molecule has 1 atom stereocenters. The third-order valence-corrected chi connectivity index (χ3v) is 2.07. The van der Waals surface area contributed by atoms with Gasteiger partial charge < -0.3 is 5.11 Å². The molecule has 1 heteroatoms. The van der Waals surface area contributed by atoms with Gasteiger partial charge >= 0.3 is 0 Å². The summed E-state index contributed by atoms with van der Waals surface area (Å²) in [6.45, 7) is 8.63. The smallest absolute Gasteiger partial charge is 0.0615 e. The van der Waals surface area contributed by atoms with Gasteiger partial charge in [-0.1, -0.05) is 30.2 Å². The van der Waals surface area contributed by atoms with Crippen LogP contribution >= 0.6 is 0 Å². The second-order valence-corrected chi connectivity index (χ2v) is 3.55. The lowest BCUT2D eigenvalue weighted by molar-refractivity contribution is 0.340. The maximum absolute atomic E-state index is 8.67. The topological polar surface area (TPSA) is 20.2 Å². The Morgan fingerprint density at radius 2 is 1.83 bits per heavy atom. The summed E-state index contributed by atoms with van der Waals surface area (Å²) in [6, 6.07) is 0. The number of allylic oxidation sites excluding steroid dienone is 3. The second kappa shape index (κ2) is 6.01. The highest BCUT2D eigenvalue weighted by Crippen LogP contribution is 2.14. The predicted octanol–water partition coefficient (Wildman–Crippen LogP) is 2.92. The van der Waals surface area contributed by atoms with Crippen molar-refractivity contribution in [3.05, 3.63) is 23.3 Å². The maximum atomic E-state index is 8.67. The molecule has 0 saturated carbocycles. The molecule has 1 N–H and O–H groups in total. The Kier molecular flexibility index (Phi) is 5.73. The van der Waals surface area contributed by atoms with E-state index in [4.69, 9.17) is 5.11 Å². The zero-order chi connectivity index (χ0) is 9.56. The molecule has 12 heavy (non-hydrogen) atoms. The van der Waals surface area contributed by atoms with E-state index in [9.17, 15) is 0 Å². The van der Waals surface area contributed by atoms with Crippen LogP contribution in [0.5, 0.6) is 0 Å². The largest absolute Gasteiger partial charge is 0.392 e. The van der Waals surface area contributed by atoms with Crippen molar-refractivity contribution in [1.29, 1.82) is 0 Å². The summed E-state index contributed by atoms with van der Waals surface area (Å²) in [7, 11) is 0. The molecule has 0 aliphatic carbocycles. The summed E-state index contributed by atoms with van der Waals surface area (Å²) < 4.78 is 0. The van der Waals surface area contributed by atoms with Crippen LogP contribution in [0.3, 0.4) is 0 Å². The van der Waals surface area contributed by atoms with E-state index in [0.29, 0.717) is 5.92 Å². The van der Waals surface area contributed by atoms with Crippen LogP contribution in [0, 0.1) is 5.92 Å². The van der Waals surface area contributed by atoms with E-state index in [-0.39, 0.29) is 6.61 Å². The minimum absolute atomic E-state index is 0.158. The van der Waals surface area contributed by atoms with Crippen molar-refractivity contribution in [2.75, 3.05) is 6.61 Å². The van der Waals surface area contributed by atoms with Crippen molar-refractivity contribution >= 4 is 0 Å².